The summed E-state index contributed by atoms with van der Waals surface area (Å²) >= 11 is 5.51. The maximum Gasteiger partial charge on any atom is 0.247 e. The molecule has 2 aromatic carbocycles. The molecule has 7 atom stereocenters. The van der Waals surface area contributed by atoms with Crippen LogP contribution in [-0.4, -0.2) is 89.7 Å². The van der Waals surface area contributed by atoms with Crippen molar-refractivity contribution in [2.24, 2.45) is 11.8 Å². The summed E-state index contributed by atoms with van der Waals surface area (Å²) in [6, 6.07) is 18.1. The van der Waals surface area contributed by atoms with Gasteiger partial charge in [0, 0.05) is 35.3 Å². The molecule has 3 amide bonds. The molecule has 2 bridgehead atoms. The van der Waals surface area contributed by atoms with Crippen molar-refractivity contribution in [1.29, 1.82) is 0 Å². The number of thioether (sulfide) groups is 1. The van der Waals surface area contributed by atoms with Crippen LogP contribution in [0.4, 0.5) is 0 Å². The fourth-order valence-corrected chi connectivity index (χ4v) is 11.1. The van der Waals surface area contributed by atoms with Crippen LogP contribution in [-0.2, 0) is 27.3 Å². The molecule has 5 rings (SSSR count). The van der Waals surface area contributed by atoms with Crippen molar-refractivity contribution in [3.8, 4) is 0 Å². The van der Waals surface area contributed by atoms with Gasteiger partial charge in [0.1, 0.15) is 6.04 Å². The van der Waals surface area contributed by atoms with Gasteiger partial charge in [-0.2, -0.15) is 0 Å². The van der Waals surface area contributed by atoms with Crippen molar-refractivity contribution in [2.45, 2.75) is 72.6 Å². The molecule has 3 fully saturated rings. The van der Waals surface area contributed by atoms with Gasteiger partial charge in [0.2, 0.25) is 17.7 Å². The van der Waals surface area contributed by atoms with E-state index in [1.165, 1.54) is 0 Å². The number of aliphatic hydroxyl groups is 1. The number of amides is 3. The number of halogens is 1. The second kappa shape index (κ2) is 13.5. The van der Waals surface area contributed by atoms with Gasteiger partial charge in [-0.05, 0) is 44.7 Å². The van der Waals surface area contributed by atoms with E-state index >= 15 is 0 Å². The highest BCUT2D eigenvalue weighted by Gasteiger charge is 2.76. The third-order valence-corrected chi connectivity index (χ3v) is 12.6. The van der Waals surface area contributed by atoms with E-state index in [1.54, 1.807) is 38.6 Å². The minimum atomic E-state index is -0.843. The molecule has 3 unspecified atom stereocenters. The van der Waals surface area contributed by atoms with Crippen molar-refractivity contribution in [1.82, 2.24) is 14.7 Å². The van der Waals surface area contributed by atoms with E-state index < -0.39 is 34.2 Å². The number of carbonyl (C=O) groups is 3. The molecule has 7 nitrogen and oxygen atoms in total. The lowest BCUT2D eigenvalue weighted by Crippen LogP contribution is -2.61. The summed E-state index contributed by atoms with van der Waals surface area (Å²) in [7, 11) is 0. The molecule has 2 aromatic rings. The maximum atomic E-state index is 14.9. The highest BCUT2D eigenvalue weighted by atomic mass is 79.9. The fraction of sp³-hybridized carbons (Fsp3) is 0.472. The first kappa shape index (κ1) is 33.5. The van der Waals surface area contributed by atoms with Crippen LogP contribution >= 0.6 is 27.7 Å². The van der Waals surface area contributed by atoms with E-state index in [0.717, 1.165) is 11.1 Å². The van der Waals surface area contributed by atoms with Crippen molar-refractivity contribution in [3.05, 3.63) is 97.1 Å². The number of aliphatic hydroxyl groups excluding tert-OH is 1. The molecule has 3 aliphatic rings. The zero-order valence-electron chi connectivity index (χ0n) is 26.3. The van der Waals surface area contributed by atoms with Crippen molar-refractivity contribution >= 4 is 45.4 Å². The standard InChI is InChI=1S/C36H44BrN3O4S/c1-6-18-38(22-25-16-12-9-13-17-25)32(42)28-29-33(43)40(26(23-41)20-24-14-10-8-11-15-24)31(36(29)21-27(37)30(28)45-36)34(44)39(19-7-2)35(3,4)5/h6-17,26-31,41H,1-2,18-23H2,3-5H3/t26-,27?,28+,29+,30+,31?,36?/m1/s1. The highest BCUT2D eigenvalue weighted by Crippen LogP contribution is 2.68. The number of nitrogens with zero attached hydrogens (tertiary/aromatic N) is 3. The maximum absolute atomic E-state index is 14.9. The zero-order chi connectivity index (χ0) is 32.5. The molecule has 45 heavy (non-hydrogen) atoms. The van der Waals surface area contributed by atoms with Crippen molar-refractivity contribution < 1.29 is 19.5 Å². The summed E-state index contributed by atoms with van der Waals surface area (Å²) in [6.45, 7) is 14.5. The Hall–Kier alpha value is -2.88. The van der Waals surface area contributed by atoms with E-state index in [9.17, 15) is 19.5 Å². The molecule has 3 heterocycles. The molecule has 1 N–H and O–H groups in total. The molecule has 0 radical (unpaired) electrons. The molecule has 0 aromatic heterocycles. The lowest BCUT2D eigenvalue weighted by molar-refractivity contribution is -0.148. The van der Waals surface area contributed by atoms with Crippen LogP contribution in [0, 0.1) is 11.8 Å². The summed E-state index contributed by atoms with van der Waals surface area (Å²) in [4.78, 5) is 49.5. The monoisotopic (exact) mass is 693 g/mol. The minimum Gasteiger partial charge on any atom is -0.394 e. The third kappa shape index (κ3) is 6.15. The second-order valence-electron chi connectivity index (χ2n) is 13.3. The fourth-order valence-electron chi connectivity index (χ4n) is 7.53. The molecule has 3 saturated heterocycles. The van der Waals surface area contributed by atoms with Crippen LogP contribution in [0.15, 0.2) is 86.0 Å². The molecule has 0 saturated carbocycles. The average Bonchev–Trinajstić information content (AvgIpc) is 3.61. The number of carbonyl (C=O) groups excluding carboxylic acids is 3. The Bertz CT molecular complexity index is 1420. The largest absolute Gasteiger partial charge is 0.394 e. The average molecular weight is 695 g/mol. The molecular weight excluding hydrogens is 650 g/mol. The number of hydrogen-bond donors (Lipinski definition) is 1. The molecular formula is C36H44BrN3O4S. The molecule has 9 heteroatoms. The Morgan fingerprint density at radius 2 is 1.64 bits per heavy atom. The predicted molar refractivity (Wildman–Crippen MR) is 184 cm³/mol. The smallest absolute Gasteiger partial charge is 0.247 e. The second-order valence-corrected chi connectivity index (χ2v) is 16.1. The predicted octanol–water partition coefficient (Wildman–Crippen LogP) is 5.08. The summed E-state index contributed by atoms with van der Waals surface area (Å²) < 4.78 is -0.825. The highest BCUT2D eigenvalue weighted by molar-refractivity contribution is 9.09. The lowest BCUT2D eigenvalue weighted by Gasteiger charge is -2.43. The Morgan fingerprint density at radius 1 is 1.04 bits per heavy atom. The molecule has 0 aliphatic carbocycles. The molecule has 3 aliphatic heterocycles. The van der Waals surface area contributed by atoms with Crippen LogP contribution < -0.4 is 0 Å². The van der Waals surface area contributed by atoms with E-state index in [4.69, 9.17) is 0 Å². The van der Waals surface area contributed by atoms with Gasteiger partial charge in [0.25, 0.3) is 0 Å². The van der Waals surface area contributed by atoms with E-state index in [2.05, 4.69) is 29.1 Å². The summed E-state index contributed by atoms with van der Waals surface area (Å²) in [5.41, 5.74) is 1.42. The van der Waals surface area contributed by atoms with Gasteiger partial charge < -0.3 is 19.8 Å². The molecule has 1 spiro atoms. The molecule has 240 valence electrons. The van der Waals surface area contributed by atoms with Gasteiger partial charge in [-0.1, -0.05) is 88.7 Å². The number of rotatable bonds is 12. The zero-order valence-corrected chi connectivity index (χ0v) is 28.8. The van der Waals surface area contributed by atoms with Crippen molar-refractivity contribution in [2.75, 3.05) is 19.7 Å². The first-order chi connectivity index (χ1) is 21.5. The quantitative estimate of drug-likeness (QED) is 0.248. The van der Waals surface area contributed by atoms with Gasteiger partial charge in [-0.15, -0.1) is 24.9 Å². The van der Waals surface area contributed by atoms with E-state index in [0.29, 0.717) is 32.5 Å². The summed E-state index contributed by atoms with van der Waals surface area (Å²) in [5, 5.41) is 10.6. The van der Waals surface area contributed by atoms with Gasteiger partial charge in [-0.25, -0.2) is 0 Å². The summed E-state index contributed by atoms with van der Waals surface area (Å²) in [5.74, 6) is -1.81. The van der Waals surface area contributed by atoms with Gasteiger partial charge in [0.15, 0.2) is 0 Å². The van der Waals surface area contributed by atoms with Gasteiger partial charge in [0.05, 0.1) is 29.2 Å². The first-order valence-electron chi connectivity index (χ1n) is 15.6. The number of likely N-dealkylation sites (tertiary alicyclic amines) is 1. The van der Waals surface area contributed by atoms with E-state index in [-0.39, 0.29) is 34.4 Å². The van der Waals surface area contributed by atoms with Crippen LogP contribution in [0.5, 0.6) is 0 Å². The Morgan fingerprint density at radius 3 is 2.20 bits per heavy atom. The topological polar surface area (TPSA) is 81.2 Å². The Kier molecular flexibility index (Phi) is 10.0. The first-order valence-corrected chi connectivity index (χ1v) is 17.4. The normalized spacial score (nSPS) is 27.6. The Balaban J connectivity index is 1.60. The van der Waals surface area contributed by atoms with Gasteiger partial charge in [-0.3, -0.25) is 14.4 Å². The van der Waals surface area contributed by atoms with Crippen molar-refractivity contribution in [3.63, 3.8) is 0 Å². The van der Waals surface area contributed by atoms with Crippen LogP contribution in [0.3, 0.4) is 0 Å². The Labute approximate surface area is 279 Å². The SMILES string of the molecule is C=CCN(Cc1ccccc1)C(=O)[C@H]1[C@H]2C(=O)N([C@@H](CO)Cc3ccccc3)C(C(=O)N(CC=C)C(C)(C)C)C23CC(Br)[C@@H]1S3. The minimum absolute atomic E-state index is 0.0535. The lowest BCUT2D eigenvalue weighted by atomic mass is 9.70. The summed E-state index contributed by atoms with van der Waals surface area (Å²) in [6.07, 6.45) is 4.40. The van der Waals surface area contributed by atoms with Crippen LogP contribution in [0.1, 0.15) is 38.3 Å². The number of alkyl halides is 1. The number of hydrogen-bond acceptors (Lipinski definition) is 5. The third-order valence-electron chi connectivity index (χ3n) is 9.43. The number of fused-ring (bicyclic) bond motifs is 1. The van der Waals surface area contributed by atoms with E-state index in [1.807, 2.05) is 81.4 Å². The van der Waals surface area contributed by atoms with Crippen LogP contribution in [0.2, 0.25) is 0 Å². The van der Waals surface area contributed by atoms with Crippen LogP contribution in [0.25, 0.3) is 0 Å². The van der Waals surface area contributed by atoms with Gasteiger partial charge >= 0.3 is 0 Å². The number of benzene rings is 2.